The fourth-order valence-electron chi connectivity index (χ4n) is 2.35. The van der Waals surface area contributed by atoms with E-state index >= 15 is 0 Å². The molecule has 0 aliphatic heterocycles. The largest absolute Gasteiger partial charge is 0.309 e. The van der Waals surface area contributed by atoms with E-state index in [-0.39, 0.29) is 5.25 Å². The van der Waals surface area contributed by atoms with Gasteiger partial charge in [-0.3, -0.25) is 0 Å². The van der Waals surface area contributed by atoms with Crippen LogP contribution >= 0.6 is 23.1 Å². The minimum atomic E-state index is -0.176. The van der Waals surface area contributed by atoms with Crippen molar-refractivity contribution in [2.75, 3.05) is 0 Å². The third kappa shape index (κ3) is 4.05. The highest BCUT2D eigenvalue weighted by Crippen LogP contribution is 2.25. The van der Waals surface area contributed by atoms with E-state index in [2.05, 4.69) is 58.9 Å². The lowest BCUT2D eigenvalue weighted by Gasteiger charge is -2.09. The Labute approximate surface area is 150 Å². The molecule has 0 bridgehead atoms. The Morgan fingerprint density at radius 2 is 2.04 bits per heavy atom. The van der Waals surface area contributed by atoms with Crippen molar-refractivity contribution in [1.29, 1.82) is 5.26 Å². The molecule has 1 atom stereocenters. The summed E-state index contributed by atoms with van der Waals surface area (Å²) in [7, 11) is 1.96. The number of aromatic nitrogens is 3. The van der Waals surface area contributed by atoms with Crippen LogP contribution in [0.4, 0.5) is 0 Å². The van der Waals surface area contributed by atoms with Gasteiger partial charge in [-0.1, -0.05) is 47.7 Å². The third-order valence-electron chi connectivity index (χ3n) is 3.77. The first-order valence-electron chi connectivity index (χ1n) is 7.68. The van der Waals surface area contributed by atoms with Gasteiger partial charge in [0.25, 0.3) is 0 Å². The summed E-state index contributed by atoms with van der Waals surface area (Å²) in [6.07, 6.45) is 1.48. The fourth-order valence-corrected chi connectivity index (χ4v) is 3.99. The molecule has 0 radical (unpaired) electrons. The van der Waals surface area contributed by atoms with E-state index in [1.165, 1.54) is 27.8 Å². The monoisotopic (exact) mass is 354 g/mol. The molecule has 2 heterocycles. The average Bonchev–Trinajstić information content (AvgIpc) is 3.21. The van der Waals surface area contributed by atoms with E-state index in [1.807, 2.05) is 17.7 Å². The second kappa shape index (κ2) is 7.65. The van der Waals surface area contributed by atoms with Gasteiger partial charge in [0.05, 0.1) is 6.07 Å². The van der Waals surface area contributed by atoms with Crippen LogP contribution in [0.3, 0.4) is 0 Å². The van der Waals surface area contributed by atoms with Crippen molar-refractivity contribution in [3.8, 4) is 6.07 Å². The van der Waals surface area contributed by atoms with E-state index in [1.54, 1.807) is 11.3 Å². The molecule has 3 rings (SSSR count). The van der Waals surface area contributed by atoms with Crippen LogP contribution in [0.1, 0.15) is 21.8 Å². The standard InChI is InChI=1S/C18H18N4S2/c1-13-5-7-14(8-6-13)10-16(12-19)24-18-21-20-17(22(18)2)11-15-4-3-9-23-15/h3-9,16H,10-11H2,1-2H3/t16-/m1/s1. The van der Waals surface area contributed by atoms with Crippen molar-refractivity contribution in [1.82, 2.24) is 14.8 Å². The van der Waals surface area contributed by atoms with Gasteiger partial charge in [0, 0.05) is 18.3 Å². The Bertz CT molecular complexity index is 829. The Morgan fingerprint density at radius 1 is 1.25 bits per heavy atom. The number of aryl methyl sites for hydroxylation is 1. The van der Waals surface area contributed by atoms with Crippen molar-refractivity contribution in [3.63, 3.8) is 0 Å². The molecule has 0 unspecified atom stereocenters. The summed E-state index contributed by atoms with van der Waals surface area (Å²) in [6, 6.07) is 14.8. The lowest BCUT2D eigenvalue weighted by molar-refractivity contribution is 0.749. The molecule has 0 saturated heterocycles. The van der Waals surface area contributed by atoms with Crippen LogP contribution in [-0.2, 0) is 19.9 Å². The second-order valence-electron chi connectivity index (χ2n) is 5.64. The van der Waals surface area contributed by atoms with Gasteiger partial charge < -0.3 is 4.57 Å². The van der Waals surface area contributed by atoms with Crippen LogP contribution in [0.25, 0.3) is 0 Å². The van der Waals surface area contributed by atoms with Crippen molar-refractivity contribution in [3.05, 3.63) is 63.6 Å². The van der Waals surface area contributed by atoms with E-state index in [0.717, 1.165) is 17.4 Å². The predicted octanol–water partition coefficient (Wildman–Crippen LogP) is 4.00. The molecule has 0 saturated carbocycles. The maximum atomic E-state index is 9.48. The minimum Gasteiger partial charge on any atom is -0.309 e. The van der Waals surface area contributed by atoms with Crippen LogP contribution in [0.5, 0.6) is 0 Å². The first kappa shape index (κ1) is 16.7. The normalized spacial score (nSPS) is 12.0. The van der Waals surface area contributed by atoms with Crippen LogP contribution in [0, 0.1) is 18.3 Å². The third-order valence-corrected chi connectivity index (χ3v) is 5.77. The first-order valence-corrected chi connectivity index (χ1v) is 9.44. The number of rotatable bonds is 6. The van der Waals surface area contributed by atoms with Crippen molar-refractivity contribution in [2.24, 2.45) is 7.05 Å². The van der Waals surface area contributed by atoms with E-state index in [4.69, 9.17) is 0 Å². The molecule has 1 aromatic carbocycles. The van der Waals surface area contributed by atoms with Crippen LogP contribution in [0.15, 0.2) is 46.9 Å². The Kier molecular flexibility index (Phi) is 5.34. The van der Waals surface area contributed by atoms with Gasteiger partial charge in [0.15, 0.2) is 5.16 Å². The van der Waals surface area contributed by atoms with Gasteiger partial charge >= 0.3 is 0 Å². The summed E-state index contributed by atoms with van der Waals surface area (Å²) in [4.78, 5) is 1.26. The predicted molar refractivity (Wildman–Crippen MR) is 98.3 cm³/mol. The number of nitrogens with zero attached hydrogens (tertiary/aromatic N) is 4. The molecule has 0 aliphatic rings. The lowest BCUT2D eigenvalue weighted by atomic mass is 10.1. The molecule has 0 aliphatic carbocycles. The molecule has 3 aromatic rings. The molecule has 0 N–H and O–H groups in total. The molecule has 2 aromatic heterocycles. The average molecular weight is 355 g/mol. The van der Waals surface area contributed by atoms with E-state index in [9.17, 15) is 5.26 Å². The summed E-state index contributed by atoms with van der Waals surface area (Å²) >= 11 is 3.20. The summed E-state index contributed by atoms with van der Waals surface area (Å²) in [5.41, 5.74) is 2.40. The molecule has 0 spiro atoms. The van der Waals surface area contributed by atoms with Crippen molar-refractivity contribution in [2.45, 2.75) is 30.2 Å². The maximum absolute atomic E-state index is 9.48. The summed E-state index contributed by atoms with van der Waals surface area (Å²) in [5, 5.41) is 20.7. The molecule has 0 amide bonds. The zero-order valence-corrected chi connectivity index (χ0v) is 15.3. The number of thiophene rings is 1. The number of nitriles is 1. The summed E-state index contributed by atoms with van der Waals surface area (Å²) in [6.45, 7) is 2.06. The van der Waals surface area contributed by atoms with Crippen LogP contribution in [-0.4, -0.2) is 20.0 Å². The molecular weight excluding hydrogens is 336 g/mol. The number of thioether (sulfide) groups is 1. The van der Waals surface area contributed by atoms with Gasteiger partial charge in [-0.05, 0) is 30.4 Å². The number of hydrogen-bond acceptors (Lipinski definition) is 5. The zero-order chi connectivity index (χ0) is 16.9. The van der Waals surface area contributed by atoms with Gasteiger partial charge in [0.1, 0.15) is 11.1 Å². The highest BCUT2D eigenvalue weighted by atomic mass is 32.2. The summed E-state index contributed by atoms with van der Waals surface area (Å²) in [5.74, 6) is 0.923. The quantitative estimate of drug-likeness (QED) is 0.628. The highest BCUT2D eigenvalue weighted by molar-refractivity contribution is 8.00. The minimum absolute atomic E-state index is 0.176. The number of benzene rings is 1. The molecule has 122 valence electrons. The van der Waals surface area contributed by atoms with E-state index in [0.29, 0.717) is 6.42 Å². The Morgan fingerprint density at radius 3 is 2.71 bits per heavy atom. The summed E-state index contributed by atoms with van der Waals surface area (Å²) < 4.78 is 1.99. The highest BCUT2D eigenvalue weighted by Gasteiger charge is 2.17. The fraction of sp³-hybridized carbons (Fsp3) is 0.278. The Balaban J connectivity index is 1.69. The topological polar surface area (TPSA) is 54.5 Å². The van der Waals surface area contributed by atoms with Crippen molar-refractivity contribution < 1.29 is 0 Å². The Hall–Kier alpha value is -2.10. The SMILES string of the molecule is Cc1ccc(C[C@H](C#N)Sc2nnc(Cc3cccs3)n2C)cc1. The van der Waals surface area contributed by atoms with Gasteiger partial charge in [-0.2, -0.15) is 5.26 Å². The van der Waals surface area contributed by atoms with Gasteiger partial charge in [-0.25, -0.2) is 0 Å². The lowest BCUT2D eigenvalue weighted by Crippen LogP contribution is -2.07. The van der Waals surface area contributed by atoms with Crippen molar-refractivity contribution >= 4 is 23.1 Å². The number of hydrogen-bond donors (Lipinski definition) is 0. The zero-order valence-electron chi connectivity index (χ0n) is 13.6. The van der Waals surface area contributed by atoms with Crippen LogP contribution in [0.2, 0.25) is 0 Å². The smallest absolute Gasteiger partial charge is 0.192 e. The molecule has 6 heteroatoms. The van der Waals surface area contributed by atoms with Gasteiger partial charge in [-0.15, -0.1) is 21.5 Å². The molecule has 4 nitrogen and oxygen atoms in total. The van der Waals surface area contributed by atoms with Crippen LogP contribution < -0.4 is 0 Å². The van der Waals surface area contributed by atoms with E-state index < -0.39 is 0 Å². The molecule has 0 fully saturated rings. The molecule has 24 heavy (non-hydrogen) atoms. The second-order valence-corrected chi connectivity index (χ2v) is 7.84. The molecular formula is C18H18N4S2. The van der Waals surface area contributed by atoms with Gasteiger partial charge in [0.2, 0.25) is 0 Å². The maximum Gasteiger partial charge on any atom is 0.192 e. The first-order chi connectivity index (χ1) is 11.7.